The normalized spacial score (nSPS) is 19.1. The standard InChI is InChI=1S/C13H27NO2/c1-3-14-13(11-16-9-8-15-2)10-12-6-4-5-7-12/h12-14H,3-11H2,1-2H3. The van der Waals surface area contributed by atoms with Crippen molar-refractivity contribution in [1.82, 2.24) is 5.32 Å². The highest BCUT2D eigenvalue weighted by molar-refractivity contribution is 4.75. The van der Waals surface area contributed by atoms with Crippen LogP contribution in [0.4, 0.5) is 0 Å². The van der Waals surface area contributed by atoms with Crippen LogP contribution in [0.2, 0.25) is 0 Å². The van der Waals surface area contributed by atoms with Gasteiger partial charge in [0.1, 0.15) is 0 Å². The molecule has 96 valence electrons. The average molecular weight is 229 g/mol. The van der Waals surface area contributed by atoms with Crippen LogP contribution in [0.1, 0.15) is 39.0 Å². The molecule has 0 aromatic carbocycles. The second-order valence-electron chi connectivity index (χ2n) is 4.71. The lowest BCUT2D eigenvalue weighted by Gasteiger charge is -2.21. The number of nitrogens with one attached hydrogen (secondary N) is 1. The molecule has 0 aromatic heterocycles. The van der Waals surface area contributed by atoms with E-state index in [0.717, 1.165) is 19.1 Å². The third-order valence-corrected chi connectivity index (χ3v) is 3.34. The monoisotopic (exact) mass is 229 g/mol. The van der Waals surface area contributed by atoms with Crippen LogP contribution >= 0.6 is 0 Å². The van der Waals surface area contributed by atoms with E-state index in [0.29, 0.717) is 19.3 Å². The number of hydrogen-bond acceptors (Lipinski definition) is 3. The smallest absolute Gasteiger partial charge is 0.0701 e. The molecule has 16 heavy (non-hydrogen) atoms. The van der Waals surface area contributed by atoms with Crippen LogP contribution in [0.5, 0.6) is 0 Å². The van der Waals surface area contributed by atoms with Crippen molar-refractivity contribution in [3.05, 3.63) is 0 Å². The Balaban J connectivity index is 2.12. The summed E-state index contributed by atoms with van der Waals surface area (Å²) in [6, 6.07) is 0.532. The molecule has 0 radical (unpaired) electrons. The summed E-state index contributed by atoms with van der Waals surface area (Å²) in [4.78, 5) is 0. The van der Waals surface area contributed by atoms with Gasteiger partial charge in [-0.15, -0.1) is 0 Å². The topological polar surface area (TPSA) is 30.5 Å². The molecule has 1 saturated carbocycles. The third kappa shape index (κ3) is 5.83. The Bertz CT molecular complexity index is 158. The van der Waals surface area contributed by atoms with Crippen LogP contribution in [0, 0.1) is 5.92 Å². The number of likely N-dealkylation sites (N-methyl/N-ethyl adjacent to an activating group) is 1. The molecule has 1 aliphatic carbocycles. The van der Waals surface area contributed by atoms with Crippen molar-refractivity contribution < 1.29 is 9.47 Å². The summed E-state index contributed by atoms with van der Waals surface area (Å²) in [7, 11) is 1.71. The molecule has 3 heteroatoms. The second-order valence-corrected chi connectivity index (χ2v) is 4.71. The van der Waals surface area contributed by atoms with Gasteiger partial charge in [-0.1, -0.05) is 32.6 Å². The van der Waals surface area contributed by atoms with E-state index in [1.807, 2.05) is 0 Å². The van der Waals surface area contributed by atoms with Gasteiger partial charge >= 0.3 is 0 Å². The number of hydrogen-bond donors (Lipinski definition) is 1. The summed E-state index contributed by atoms with van der Waals surface area (Å²) >= 11 is 0. The molecule has 1 atom stereocenters. The molecule has 1 aliphatic rings. The van der Waals surface area contributed by atoms with Crippen LogP contribution in [0.25, 0.3) is 0 Å². The molecule has 0 saturated heterocycles. The molecule has 1 unspecified atom stereocenters. The van der Waals surface area contributed by atoms with Gasteiger partial charge in [0.2, 0.25) is 0 Å². The van der Waals surface area contributed by atoms with Crippen LogP contribution in [0.3, 0.4) is 0 Å². The minimum Gasteiger partial charge on any atom is -0.382 e. The second kappa shape index (κ2) is 8.97. The van der Waals surface area contributed by atoms with E-state index in [9.17, 15) is 0 Å². The zero-order valence-corrected chi connectivity index (χ0v) is 10.8. The van der Waals surface area contributed by atoms with Gasteiger partial charge in [-0.05, 0) is 18.9 Å². The molecular formula is C13H27NO2. The summed E-state index contributed by atoms with van der Waals surface area (Å²) in [5, 5.41) is 3.52. The molecule has 1 N–H and O–H groups in total. The highest BCUT2D eigenvalue weighted by Gasteiger charge is 2.19. The van der Waals surface area contributed by atoms with Crippen molar-refractivity contribution in [2.45, 2.75) is 45.1 Å². The first-order valence-electron chi connectivity index (χ1n) is 6.66. The maximum atomic E-state index is 5.61. The number of ether oxygens (including phenoxy) is 2. The van der Waals surface area contributed by atoms with Gasteiger partial charge in [-0.25, -0.2) is 0 Å². The van der Waals surface area contributed by atoms with Crippen LogP contribution in [-0.2, 0) is 9.47 Å². The zero-order valence-electron chi connectivity index (χ0n) is 10.8. The predicted molar refractivity (Wildman–Crippen MR) is 66.7 cm³/mol. The molecular weight excluding hydrogens is 202 g/mol. The SMILES string of the molecule is CCNC(COCCOC)CC1CCCC1. The summed E-state index contributed by atoms with van der Waals surface area (Å²) in [5.41, 5.74) is 0. The van der Waals surface area contributed by atoms with Gasteiger partial charge in [0.25, 0.3) is 0 Å². The van der Waals surface area contributed by atoms with Crippen molar-refractivity contribution in [2.75, 3.05) is 33.5 Å². The fraction of sp³-hybridized carbons (Fsp3) is 1.00. The molecule has 1 rings (SSSR count). The Hall–Kier alpha value is -0.120. The van der Waals surface area contributed by atoms with E-state index in [2.05, 4.69) is 12.2 Å². The molecule has 0 heterocycles. The lowest BCUT2D eigenvalue weighted by atomic mass is 9.99. The third-order valence-electron chi connectivity index (χ3n) is 3.34. The molecule has 0 spiro atoms. The summed E-state index contributed by atoms with van der Waals surface area (Å²) in [5.74, 6) is 0.926. The minimum atomic E-state index is 0.532. The molecule has 0 aromatic rings. The van der Waals surface area contributed by atoms with Crippen LogP contribution in [0.15, 0.2) is 0 Å². The quantitative estimate of drug-likeness (QED) is 0.615. The Morgan fingerprint density at radius 3 is 2.62 bits per heavy atom. The van der Waals surface area contributed by atoms with Gasteiger partial charge in [-0.3, -0.25) is 0 Å². The van der Waals surface area contributed by atoms with Gasteiger partial charge in [-0.2, -0.15) is 0 Å². The highest BCUT2D eigenvalue weighted by Crippen LogP contribution is 2.28. The highest BCUT2D eigenvalue weighted by atomic mass is 16.5. The number of methoxy groups -OCH3 is 1. The molecule has 1 fully saturated rings. The van der Waals surface area contributed by atoms with Crippen molar-refractivity contribution in [2.24, 2.45) is 5.92 Å². The van der Waals surface area contributed by atoms with E-state index in [1.54, 1.807) is 7.11 Å². The maximum absolute atomic E-state index is 5.61. The average Bonchev–Trinajstić information content (AvgIpc) is 2.77. The predicted octanol–water partition coefficient (Wildman–Crippen LogP) is 2.21. The molecule has 0 aliphatic heterocycles. The van der Waals surface area contributed by atoms with Crippen molar-refractivity contribution in [1.29, 1.82) is 0 Å². The van der Waals surface area contributed by atoms with Crippen LogP contribution < -0.4 is 5.32 Å². The van der Waals surface area contributed by atoms with Gasteiger partial charge in [0, 0.05) is 13.2 Å². The van der Waals surface area contributed by atoms with Gasteiger partial charge < -0.3 is 14.8 Å². The summed E-state index contributed by atoms with van der Waals surface area (Å²) in [6.07, 6.45) is 6.96. The van der Waals surface area contributed by atoms with Gasteiger partial charge in [0.05, 0.1) is 19.8 Å². The fourth-order valence-corrected chi connectivity index (χ4v) is 2.52. The summed E-state index contributed by atoms with van der Waals surface area (Å²) in [6.45, 7) is 5.43. The fourth-order valence-electron chi connectivity index (χ4n) is 2.52. The lowest BCUT2D eigenvalue weighted by Crippen LogP contribution is -2.35. The van der Waals surface area contributed by atoms with E-state index in [4.69, 9.17) is 9.47 Å². The molecule has 0 amide bonds. The van der Waals surface area contributed by atoms with E-state index >= 15 is 0 Å². The Morgan fingerprint density at radius 2 is 2.00 bits per heavy atom. The molecule has 0 bridgehead atoms. The first kappa shape index (κ1) is 13.9. The van der Waals surface area contributed by atoms with Crippen molar-refractivity contribution in [3.8, 4) is 0 Å². The Morgan fingerprint density at radius 1 is 1.25 bits per heavy atom. The summed E-state index contributed by atoms with van der Waals surface area (Å²) < 4.78 is 10.6. The first-order valence-corrected chi connectivity index (χ1v) is 6.66. The van der Waals surface area contributed by atoms with Crippen molar-refractivity contribution >= 4 is 0 Å². The lowest BCUT2D eigenvalue weighted by molar-refractivity contribution is 0.0553. The first-order chi connectivity index (χ1) is 7.86. The Labute approximate surface area is 99.9 Å². The molecule has 3 nitrogen and oxygen atoms in total. The van der Waals surface area contributed by atoms with Crippen LogP contribution in [-0.4, -0.2) is 39.5 Å². The van der Waals surface area contributed by atoms with E-state index in [1.165, 1.54) is 32.1 Å². The van der Waals surface area contributed by atoms with Crippen molar-refractivity contribution in [3.63, 3.8) is 0 Å². The largest absolute Gasteiger partial charge is 0.382 e. The Kier molecular flexibility index (Phi) is 7.81. The van der Waals surface area contributed by atoms with Gasteiger partial charge in [0.15, 0.2) is 0 Å². The minimum absolute atomic E-state index is 0.532. The number of rotatable bonds is 9. The zero-order chi connectivity index (χ0) is 11.6. The van der Waals surface area contributed by atoms with E-state index < -0.39 is 0 Å². The maximum Gasteiger partial charge on any atom is 0.0701 e. The van der Waals surface area contributed by atoms with E-state index in [-0.39, 0.29) is 0 Å².